The minimum absolute atomic E-state index is 0.135. The Labute approximate surface area is 176 Å². The van der Waals surface area contributed by atoms with Crippen molar-refractivity contribution in [2.45, 2.75) is 17.7 Å². The predicted molar refractivity (Wildman–Crippen MR) is 109 cm³/mol. The number of sulfonamides is 1. The van der Waals surface area contributed by atoms with Crippen LogP contribution in [0.3, 0.4) is 0 Å². The summed E-state index contributed by atoms with van der Waals surface area (Å²) in [5, 5.41) is 0.242. The number of benzene rings is 2. The summed E-state index contributed by atoms with van der Waals surface area (Å²) in [6.07, 6.45) is 1.70. The summed E-state index contributed by atoms with van der Waals surface area (Å²) in [5.74, 6) is -1.16. The smallest absolute Gasteiger partial charge is 0.267 e. The number of carbonyl (C=O) groups is 2. The predicted octanol–water partition coefficient (Wildman–Crippen LogP) is 2.96. The average molecular weight is 487 g/mol. The van der Waals surface area contributed by atoms with Crippen molar-refractivity contribution in [3.05, 3.63) is 63.1 Å². The molecule has 0 bridgehead atoms. The molecule has 1 aliphatic heterocycles. The van der Waals surface area contributed by atoms with Gasteiger partial charge in [0.15, 0.2) is 0 Å². The Balaban J connectivity index is 1.65. The van der Waals surface area contributed by atoms with Crippen LogP contribution in [0, 0.1) is 0 Å². The van der Waals surface area contributed by atoms with Crippen LogP contribution >= 0.6 is 27.5 Å². The molecule has 1 heterocycles. The zero-order valence-corrected chi connectivity index (χ0v) is 17.8. The molecule has 0 saturated carbocycles. The fourth-order valence-corrected chi connectivity index (χ4v) is 4.86. The summed E-state index contributed by atoms with van der Waals surface area (Å²) in [7, 11) is -3.54. The van der Waals surface area contributed by atoms with Gasteiger partial charge in [0.25, 0.3) is 11.8 Å². The lowest BCUT2D eigenvalue weighted by molar-refractivity contribution is 0.0846. The van der Waals surface area contributed by atoms with Crippen LogP contribution in [-0.4, -0.2) is 37.6 Å². The second kappa shape index (κ2) is 8.60. The van der Waals surface area contributed by atoms with Gasteiger partial charge in [-0.05, 0) is 55.3 Å². The Kier molecular flexibility index (Phi) is 6.39. The summed E-state index contributed by atoms with van der Waals surface area (Å²) in [5.41, 5.74) is 4.98. The van der Waals surface area contributed by atoms with Gasteiger partial charge in [0.1, 0.15) is 0 Å². The molecule has 1 aliphatic rings. The lowest BCUT2D eigenvalue weighted by Gasteiger charge is -2.15. The Bertz CT molecular complexity index is 1010. The SMILES string of the molecule is O=C(NNC(=O)c1cc(Br)ccc1Cl)c1ccc(S(=O)(=O)N2CCCC2)cc1. The molecule has 10 heteroatoms. The lowest BCUT2D eigenvalue weighted by Crippen LogP contribution is -2.41. The van der Waals surface area contributed by atoms with Crippen LogP contribution in [0.1, 0.15) is 33.6 Å². The number of hydrogen-bond acceptors (Lipinski definition) is 4. The van der Waals surface area contributed by atoms with E-state index in [0.29, 0.717) is 17.6 Å². The number of nitrogens with zero attached hydrogens (tertiary/aromatic N) is 1. The lowest BCUT2D eigenvalue weighted by atomic mass is 10.2. The van der Waals surface area contributed by atoms with E-state index < -0.39 is 21.8 Å². The van der Waals surface area contributed by atoms with Gasteiger partial charge in [-0.2, -0.15) is 4.31 Å². The number of hydrazine groups is 1. The standard InChI is InChI=1S/C18H17BrClN3O4S/c19-13-5-8-16(20)15(11-13)18(25)22-21-17(24)12-3-6-14(7-4-12)28(26,27)23-9-1-2-10-23/h3-8,11H,1-2,9-10H2,(H,21,24)(H,22,25). The number of hydrogen-bond donors (Lipinski definition) is 2. The highest BCUT2D eigenvalue weighted by molar-refractivity contribution is 9.10. The highest BCUT2D eigenvalue weighted by atomic mass is 79.9. The summed E-state index contributed by atoms with van der Waals surface area (Å²) in [4.78, 5) is 24.5. The van der Waals surface area contributed by atoms with Gasteiger partial charge in [0, 0.05) is 23.1 Å². The average Bonchev–Trinajstić information content (AvgIpc) is 3.23. The van der Waals surface area contributed by atoms with Crippen molar-refractivity contribution in [1.82, 2.24) is 15.2 Å². The fourth-order valence-electron chi connectivity index (χ4n) is 2.78. The minimum atomic E-state index is -3.54. The molecule has 28 heavy (non-hydrogen) atoms. The molecule has 2 amide bonds. The Hall–Kier alpha value is -1.94. The molecule has 0 spiro atoms. The van der Waals surface area contributed by atoms with Crippen LogP contribution in [0.25, 0.3) is 0 Å². The first kappa shape index (κ1) is 20.8. The summed E-state index contributed by atoms with van der Waals surface area (Å²) in [6.45, 7) is 1.02. The monoisotopic (exact) mass is 485 g/mol. The number of amides is 2. The largest absolute Gasteiger partial charge is 0.271 e. The molecule has 0 radical (unpaired) electrons. The molecule has 0 unspecified atom stereocenters. The maximum atomic E-state index is 12.5. The third kappa shape index (κ3) is 4.54. The fraction of sp³-hybridized carbons (Fsp3) is 0.222. The van der Waals surface area contributed by atoms with E-state index in [0.717, 1.165) is 12.8 Å². The number of nitrogens with one attached hydrogen (secondary N) is 2. The van der Waals surface area contributed by atoms with Crippen LogP contribution in [0.2, 0.25) is 5.02 Å². The van der Waals surface area contributed by atoms with Crippen molar-refractivity contribution >= 4 is 49.4 Å². The van der Waals surface area contributed by atoms with Crippen LogP contribution in [0.5, 0.6) is 0 Å². The normalized spacial score (nSPS) is 14.6. The zero-order valence-electron chi connectivity index (χ0n) is 14.6. The first-order valence-electron chi connectivity index (χ1n) is 8.45. The van der Waals surface area contributed by atoms with Gasteiger partial charge in [-0.3, -0.25) is 20.4 Å². The summed E-state index contributed by atoms with van der Waals surface area (Å²) >= 11 is 9.23. The molecule has 1 saturated heterocycles. The number of carbonyl (C=O) groups excluding carboxylic acids is 2. The molecule has 0 aliphatic carbocycles. The molecule has 7 nitrogen and oxygen atoms in total. The Morgan fingerprint density at radius 1 is 0.964 bits per heavy atom. The highest BCUT2D eigenvalue weighted by Crippen LogP contribution is 2.22. The third-order valence-corrected chi connectivity index (χ3v) is 7.02. The van der Waals surface area contributed by atoms with E-state index in [2.05, 4.69) is 26.8 Å². The molecule has 2 aromatic rings. The summed E-state index contributed by atoms with van der Waals surface area (Å²) in [6, 6.07) is 10.3. The van der Waals surface area contributed by atoms with E-state index in [1.54, 1.807) is 12.1 Å². The molecule has 0 aromatic heterocycles. The maximum absolute atomic E-state index is 12.5. The quantitative estimate of drug-likeness (QED) is 0.650. The van der Waals surface area contributed by atoms with Crippen molar-refractivity contribution in [3.8, 4) is 0 Å². The third-order valence-electron chi connectivity index (χ3n) is 4.28. The highest BCUT2D eigenvalue weighted by Gasteiger charge is 2.27. The van der Waals surface area contributed by atoms with E-state index in [-0.39, 0.29) is 21.0 Å². The first-order chi connectivity index (χ1) is 13.3. The van der Waals surface area contributed by atoms with Crippen molar-refractivity contribution in [1.29, 1.82) is 0 Å². The number of halogens is 2. The van der Waals surface area contributed by atoms with E-state index >= 15 is 0 Å². The van der Waals surface area contributed by atoms with Gasteiger partial charge in [0.2, 0.25) is 10.0 Å². The number of rotatable bonds is 4. The Morgan fingerprint density at radius 3 is 2.21 bits per heavy atom. The van der Waals surface area contributed by atoms with Crippen molar-refractivity contribution in [2.24, 2.45) is 0 Å². The molecule has 2 N–H and O–H groups in total. The van der Waals surface area contributed by atoms with Gasteiger partial charge >= 0.3 is 0 Å². The molecule has 148 valence electrons. The van der Waals surface area contributed by atoms with Crippen LogP contribution < -0.4 is 10.9 Å². The summed E-state index contributed by atoms with van der Waals surface area (Å²) < 4.78 is 27.1. The van der Waals surface area contributed by atoms with Crippen molar-refractivity contribution in [3.63, 3.8) is 0 Å². The minimum Gasteiger partial charge on any atom is -0.267 e. The van der Waals surface area contributed by atoms with Gasteiger partial charge in [-0.1, -0.05) is 27.5 Å². The van der Waals surface area contributed by atoms with E-state index in [1.807, 2.05) is 0 Å². The Morgan fingerprint density at radius 2 is 1.57 bits per heavy atom. The molecule has 1 fully saturated rings. The van der Waals surface area contributed by atoms with Crippen LogP contribution in [0.15, 0.2) is 51.8 Å². The van der Waals surface area contributed by atoms with E-state index in [9.17, 15) is 18.0 Å². The second-order valence-corrected chi connectivity index (χ2v) is 9.43. The van der Waals surface area contributed by atoms with E-state index in [1.165, 1.54) is 34.6 Å². The first-order valence-corrected chi connectivity index (χ1v) is 11.1. The maximum Gasteiger partial charge on any atom is 0.271 e. The van der Waals surface area contributed by atoms with Crippen LogP contribution in [-0.2, 0) is 10.0 Å². The molecule has 3 rings (SSSR count). The topological polar surface area (TPSA) is 95.6 Å². The van der Waals surface area contributed by atoms with Gasteiger partial charge in [0.05, 0.1) is 15.5 Å². The molecular formula is C18H17BrClN3O4S. The molecule has 0 atom stereocenters. The second-order valence-electron chi connectivity index (χ2n) is 6.17. The van der Waals surface area contributed by atoms with Gasteiger partial charge < -0.3 is 0 Å². The van der Waals surface area contributed by atoms with Crippen LogP contribution in [0.4, 0.5) is 0 Å². The molecule has 2 aromatic carbocycles. The van der Waals surface area contributed by atoms with E-state index in [4.69, 9.17) is 11.6 Å². The van der Waals surface area contributed by atoms with Crippen molar-refractivity contribution in [2.75, 3.05) is 13.1 Å². The van der Waals surface area contributed by atoms with Crippen molar-refractivity contribution < 1.29 is 18.0 Å². The molecular weight excluding hydrogens is 470 g/mol. The zero-order chi connectivity index (χ0) is 20.3. The van der Waals surface area contributed by atoms with Gasteiger partial charge in [-0.15, -0.1) is 0 Å². The van der Waals surface area contributed by atoms with Gasteiger partial charge in [-0.25, -0.2) is 8.42 Å².